The molecule has 0 spiro atoms. The Morgan fingerprint density at radius 1 is 1.47 bits per heavy atom. The summed E-state index contributed by atoms with van der Waals surface area (Å²) in [4.78, 5) is 21.8. The quantitative estimate of drug-likeness (QED) is 0.583. The maximum Gasteiger partial charge on any atom is 0.231 e. The summed E-state index contributed by atoms with van der Waals surface area (Å²) in [7, 11) is 0. The summed E-state index contributed by atoms with van der Waals surface area (Å²) in [6.45, 7) is 1.30. The average Bonchev–Trinajstić information content (AvgIpc) is 2.10. The third kappa shape index (κ3) is 3.38. The first-order valence-corrected chi connectivity index (χ1v) is 4.33. The SMILES string of the molecule is CC(=O)CC(=O)Nc1cc(F)ccc1N. The van der Waals surface area contributed by atoms with Crippen LogP contribution in [0.3, 0.4) is 0 Å². The Morgan fingerprint density at radius 2 is 2.13 bits per heavy atom. The molecule has 0 bridgehead atoms. The number of amides is 1. The Morgan fingerprint density at radius 3 is 2.73 bits per heavy atom. The smallest absolute Gasteiger partial charge is 0.231 e. The Bertz CT molecular complexity index is 404. The standard InChI is InChI=1S/C10H11FN2O2/c1-6(14)4-10(15)13-9-5-7(11)2-3-8(9)12/h2-3,5H,4,12H2,1H3,(H,13,15). The fraction of sp³-hybridized carbons (Fsp3) is 0.200. The number of hydrogen-bond acceptors (Lipinski definition) is 3. The predicted octanol–water partition coefficient (Wildman–Crippen LogP) is 1.33. The summed E-state index contributed by atoms with van der Waals surface area (Å²) in [6, 6.07) is 3.64. The zero-order chi connectivity index (χ0) is 11.4. The summed E-state index contributed by atoms with van der Waals surface area (Å²) < 4.78 is 12.8. The third-order valence-electron chi connectivity index (χ3n) is 1.70. The third-order valence-corrected chi connectivity index (χ3v) is 1.70. The van der Waals surface area contributed by atoms with Crippen LogP contribution in [0.25, 0.3) is 0 Å². The van der Waals surface area contributed by atoms with Crippen molar-refractivity contribution in [2.75, 3.05) is 11.1 Å². The van der Waals surface area contributed by atoms with Crippen LogP contribution in [0.1, 0.15) is 13.3 Å². The Hall–Kier alpha value is -1.91. The van der Waals surface area contributed by atoms with Crippen molar-refractivity contribution >= 4 is 23.1 Å². The largest absolute Gasteiger partial charge is 0.397 e. The van der Waals surface area contributed by atoms with Gasteiger partial charge in [0.2, 0.25) is 5.91 Å². The minimum absolute atomic E-state index is 0.182. The molecule has 80 valence electrons. The fourth-order valence-electron chi connectivity index (χ4n) is 1.06. The van der Waals surface area contributed by atoms with Crippen molar-refractivity contribution in [2.24, 2.45) is 0 Å². The minimum Gasteiger partial charge on any atom is -0.397 e. The molecule has 0 atom stereocenters. The second kappa shape index (κ2) is 4.54. The number of rotatable bonds is 3. The van der Waals surface area contributed by atoms with Crippen molar-refractivity contribution in [1.82, 2.24) is 0 Å². The lowest BCUT2D eigenvalue weighted by molar-refractivity contribution is -0.124. The number of nitrogen functional groups attached to an aromatic ring is 1. The van der Waals surface area contributed by atoms with Crippen molar-refractivity contribution in [1.29, 1.82) is 0 Å². The molecule has 0 heterocycles. The zero-order valence-corrected chi connectivity index (χ0v) is 8.21. The topological polar surface area (TPSA) is 72.2 Å². The fourth-order valence-corrected chi connectivity index (χ4v) is 1.06. The van der Waals surface area contributed by atoms with Crippen molar-refractivity contribution in [2.45, 2.75) is 13.3 Å². The Kier molecular flexibility index (Phi) is 3.38. The van der Waals surface area contributed by atoms with Crippen LogP contribution in [0.2, 0.25) is 0 Å². The van der Waals surface area contributed by atoms with Gasteiger partial charge in [-0.1, -0.05) is 0 Å². The Balaban J connectivity index is 2.76. The van der Waals surface area contributed by atoms with Crippen molar-refractivity contribution in [3.8, 4) is 0 Å². The molecule has 1 aromatic rings. The highest BCUT2D eigenvalue weighted by molar-refractivity contribution is 6.04. The van der Waals surface area contributed by atoms with Gasteiger partial charge in [-0.25, -0.2) is 4.39 Å². The van der Waals surface area contributed by atoms with Crippen LogP contribution in [0.5, 0.6) is 0 Å². The van der Waals surface area contributed by atoms with E-state index in [2.05, 4.69) is 5.32 Å². The molecule has 0 aliphatic carbocycles. The predicted molar refractivity (Wildman–Crippen MR) is 54.7 cm³/mol. The van der Waals surface area contributed by atoms with Gasteiger partial charge in [0, 0.05) is 0 Å². The molecule has 0 saturated heterocycles. The van der Waals surface area contributed by atoms with Crippen LogP contribution in [0, 0.1) is 5.82 Å². The van der Waals surface area contributed by atoms with E-state index in [0.717, 1.165) is 6.07 Å². The van der Waals surface area contributed by atoms with E-state index in [4.69, 9.17) is 5.73 Å². The van der Waals surface area contributed by atoms with E-state index in [-0.39, 0.29) is 23.6 Å². The number of halogens is 1. The minimum atomic E-state index is -0.500. The molecule has 1 rings (SSSR count). The van der Waals surface area contributed by atoms with Crippen LogP contribution >= 0.6 is 0 Å². The molecule has 0 aliphatic heterocycles. The number of benzene rings is 1. The maximum atomic E-state index is 12.8. The van der Waals surface area contributed by atoms with Gasteiger partial charge in [0.25, 0.3) is 0 Å². The lowest BCUT2D eigenvalue weighted by Gasteiger charge is -2.06. The molecule has 1 amide bonds. The highest BCUT2D eigenvalue weighted by atomic mass is 19.1. The van der Waals surface area contributed by atoms with E-state index < -0.39 is 11.7 Å². The maximum absolute atomic E-state index is 12.8. The van der Waals surface area contributed by atoms with Crippen LogP contribution in [0.4, 0.5) is 15.8 Å². The molecular weight excluding hydrogens is 199 g/mol. The number of anilines is 2. The van der Waals surface area contributed by atoms with Crippen LogP contribution < -0.4 is 11.1 Å². The summed E-state index contributed by atoms with van der Waals surface area (Å²) >= 11 is 0. The summed E-state index contributed by atoms with van der Waals surface area (Å²) in [5.74, 6) is -1.26. The molecule has 1 aromatic carbocycles. The molecule has 4 nitrogen and oxygen atoms in total. The average molecular weight is 210 g/mol. The number of ketones is 1. The Labute approximate surface area is 86.3 Å². The number of nitrogens with one attached hydrogen (secondary N) is 1. The molecule has 0 saturated carbocycles. The normalized spacial score (nSPS) is 9.73. The van der Waals surface area contributed by atoms with Crippen molar-refractivity contribution in [3.05, 3.63) is 24.0 Å². The number of carbonyl (C=O) groups is 2. The van der Waals surface area contributed by atoms with Gasteiger partial charge < -0.3 is 11.1 Å². The number of nitrogens with two attached hydrogens (primary N) is 1. The summed E-state index contributed by atoms with van der Waals surface area (Å²) in [5.41, 5.74) is 5.94. The number of Topliss-reactive ketones (excluding diaryl/α,β-unsaturated/α-hetero) is 1. The first kappa shape index (κ1) is 11.2. The van der Waals surface area contributed by atoms with Gasteiger partial charge in [0.1, 0.15) is 11.6 Å². The van der Waals surface area contributed by atoms with Gasteiger partial charge in [0.15, 0.2) is 0 Å². The van der Waals surface area contributed by atoms with Crippen LogP contribution in [-0.2, 0) is 9.59 Å². The molecule has 3 N–H and O–H groups in total. The van der Waals surface area contributed by atoms with E-state index in [1.807, 2.05) is 0 Å². The molecular formula is C10H11FN2O2. The molecule has 0 unspecified atom stereocenters. The van der Waals surface area contributed by atoms with E-state index >= 15 is 0 Å². The van der Waals surface area contributed by atoms with Crippen molar-refractivity contribution in [3.63, 3.8) is 0 Å². The van der Waals surface area contributed by atoms with Gasteiger partial charge in [-0.05, 0) is 25.1 Å². The summed E-state index contributed by atoms with van der Waals surface area (Å²) in [5, 5.41) is 2.36. The van der Waals surface area contributed by atoms with Crippen LogP contribution in [0.15, 0.2) is 18.2 Å². The first-order chi connectivity index (χ1) is 6.99. The molecule has 0 aliphatic rings. The summed E-state index contributed by atoms with van der Waals surface area (Å²) in [6.07, 6.45) is -0.240. The van der Waals surface area contributed by atoms with E-state index in [0.29, 0.717) is 0 Å². The number of carbonyl (C=O) groups excluding carboxylic acids is 2. The van der Waals surface area contributed by atoms with E-state index in [1.54, 1.807) is 0 Å². The molecule has 0 aromatic heterocycles. The molecule has 0 radical (unpaired) electrons. The monoisotopic (exact) mass is 210 g/mol. The van der Waals surface area contributed by atoms with Gasteiger partial charge in [-0.15, -0.1) is 0 Å². The second-order valence-electron chi connectivity index (χ2n) is 3.16. The first-order valence-electron chi connectivity index (χ1n) is 4.33. The van der Waals surface area contributed by atoms with Gasteiger partial charge in [-0.3, -0.25) is 9.59 Å². The van der Waals surface area contributed by atoms with E-state index in [1.165, 1.54) is 19.1 Å². The van der Waals surface area contributed by atoms with Gasteiger partial charge >= 0.3 is 0 Å². The van der Waals surface area contributed by atoms with Crippen LogP contribution in [-0.4, -0.2) is 11.7 Å². The second-order valence-corrected chi connectivity index (χ2v) is 3.16. The van der Waals surface area contributed by atoms with Gasteiger partial charge in [-0.2, -0.15) is 0 Å². The number of hydrogen-bond donors (Lipinski definition) is 2. The van der Waals surface area contributed by atoms with E-state index in [9.17, 15) is 14.0 Å². The lowest BCUT2D eigenvalue weighted by atomic mass is 10.2. The highest BCUT2D eigenvalue weighted by Gasteiger charge is 2.08. The molecule has 0 fully saturated rings. The molecule has 5 heteroatoms. The van der Waals surface area contributed by atoms with Crippen molar-refractivity contribution < 1.29 is 14.0 Å². The van der Waals surface area contributed by atoms with Gasteiger partial charge in [0.05, 0.1) is 17.8 Å². The molecule has 15 heavy (non-hydrogen) atoms. The lowest BCUT2D eigenvalue weighted by Crippen LogP contribution is -2.15. The highest BCUT2D eigenvalue weighted by Crippen LogP contribution is 2.19. The zero-order valence-electron chi connectivity index (χ0n) is 8.21.